The van der Waals surface area contributed by atoms with Crippen LogP contribution in [0.25, 0.3) is 45.1 Å². The van der Waals surface area contributed by atoms with Crippen molar-refractivity contribution in [3.8, 4) is 34.4 Å². The van der Waals surface area contributed by atoms with E-state index in [1.54, 1.807) is 36.4 Å². The molecule has 6 nitrogen and oxygen atoms in total. The molecule has 0 bridgehead atoms. The molecule has 6 aromatic rings. The van der Waals surface area contributed by atoms with E-state index in [0.717, 1.165) is 22.2 Å². The summed E-state index contributed by atoms with van der Waals surface area (Å²) < 4.78 is 11.1. The number of phenols is 2. The predicted octanol–water partition coefficient (Wildman–Crippen LogP) is 6.40. The zero-order valence-electron chi connectivity index (χ0n) is 17.1. The molecule has 2 N–H and O–H groups in total. The summed E-state index contributed by atoms with van der Waals surface area (Å²) in [5.41, 5.74) is 4.25. The molecule has 0 amide bonds. The van der Waals surface area contributed by atoms with Crippen molar-refractivity contribution in [2.75, 3.05) is 0 Å². The van der Waals surface area contributed by atoms with Crippen molar-refractivity contribution < 1.29 is 66.0 Å². The molecule has 2 heterocycles. The number of phenolic OH excluding ortho intramolecular Hbond substituents is 2. The topological polar surface area (TPSA) is 92.5 Å². The van der Waals surface area contributed by atoms with Crippen LogP contribution in [0.2, 0.25) is 0 Å². The van der Waals surface area contributed by atoms with E-state index < -0.39 is 0 Å². The number of hydrogen-bond acceptors (Lipinski definition) is 6. The molecule has 170 valence electrons. The van der Waals surface area contributed by atoms with Gasteiger partial charge in [0.05, 0.1) is 11.1 Å². The third-order valence-corrected chi connectivity index (χ3v) is 4.86. The molecule has 0 unspecified atom stereocenters. The van der Waals surface area contributed by atoms with E-state index in [1.165, 1.54) is 0 Å². The third kappa shape index (κ3) is 4.98. The minimum absolute atomic E-state index is 0. The van der Waals surface area contributed by atoms with Crippen LogP contribution in [-0.4, -0.2) is 20.2 Å². The number of oxazole rings is 2. The van der Waals surface area contributed by atoms with Gasteiger partial charge in [0.2, 0.25) is 11.8 Å². The average molecular weight is 595 g/mol. The Hall–Kier alpha value is -3.06. The van der Waals surface area contributed by atoms with E-state index in [2.05, 4.69) is 9.97 Å². The number of nitrogens with zero attached hydrogens (tertiary/aromatic N) is 2. The Morgan fingerprint density at radius 2 is 0.848 bits per heavy atom. The van der Waals surface area contributed by atoms with Crippen molar-refractivity contribution in [1.29, 1.82) is 0 Å². The van der Waals surface area contributed by atoms with Gasteiger partial charge in [0.25, 0.3) is 0 Å². The summed E-state index contributed by atoms with van der Waals surface area (Å²) in [6, 6.07) is 29.0. The van der Waals surface area contributed by atoms with Crippen molar-refractivity contribution in [3.05, 3.63) is 97.1 Å². The zero-order valence-corrected chi connectivity index (χ0v) is 18.8. The van der Waals surface area contributed by atoms with Crippen molar-refractivity contribution in [2.45, 2.75) is 0 Å². The quantitative estimate of drug-likeness (QED) is 0.241. The number of hydrogen-bond donors (Lipinski definition) is 2. The number of benzene rings is 4. The first kappa shape index (κ1) is 23.1. The minimum Gasteiger partial charge on any atom is -0.507 e. The van der Waals surface area contributed by atoms with Gasteiger partial charge in [0.15, 0.2) is 11.2 Å². The second-order valence-corrected chi connectivity index (χ2v) is 7.01. The average Bonchev–Trinajstić information content (AvgIpc) is 3.44. The molecule has 2 aromatic heterocycles. The normalized spacial score (nSPS) is 10.4. The van der Waals surface area contributed by atoms with Gasteiger partial charge < -0.3 is 19.0 Å². The molecule has 0 saturated carbocycles. The first-order chi connectivity index (χ1) is 15.7. The summed E-state index contributed by atoms with van der Waals surface area (Å²) >= 11 is 0. The SMILES string of the molecule is Oc1ccccc1-c1nc2ccccc2o1.Oc1ccccc1-c1nc2ccccc2o1.[Yb]. The standard InChI is InChI=1S/2C13H9NO2.Yb/c2*15-11-7-3-1-5-9(11)13-14-10-6-2-4-8-12(10)16-13;/h2*1-8,15H;. The molecular weight excluding hydrogens is 577 g/mol. The maximum absolute atomic E-state index is 9.69. The van der Waals surface area contributed by atoms with Crippen LogP contribution in [0.3, 0.4) is 0 Å². The van der Waals surface area contributed by atoms with Crippen molar-refractivity contribution in [2.24, 2.45) is 0 Å². The largest absolute Gasteiger partial charge is 0.507 e. The van der Waals surface area contributed by atoms with Gasteiger partial charge in [-0.25, -0.2) is 9.97 Å². The summed E-state index contributed by atoms with van der Waals surface area (Å²) in [4.78, 5) is 8.63. The van der Waals surface area contributed by atoms with Crippen molar-refractivity contribution >= 4 is 22.2 Å². The number of para-hydroxylation sites is 6. The summed E-state index contributed by atoms with van der Waals surface area (Å²) in [6.45, 7) is 0. The van der Waals surface area contributed by atoms with Gasteiger partial charge in [-0.1, -0.05) is 48.5 Å². The van der Waals surface area contributed by atoms with Gasteiger partial charge in [0.1, 0.15) is 22.5 Å². The summed E-state index contributed by atoms with van der Waals surface area (Å²) in [5, 5.41) is 19.4. The minimum atomic E-state index is 0. The Balaban J connectivity index is 0.000000152. The monoisotopic (exact) mass is 596 g/mol. The van der Waals surface area contributed by atoms with E-state index >= 15 is 0 Å². The molecule has 6 rings (SSSR count). The molecule has 33 heavy (non-hydrogen) atoms. The number of aromatic nitrogens is 2. The fraction of sp³-hybridized carbons (Fsp3) is 0. The zero-order chi connectivity index (χ0) is 21.9. The van der Waals surface area contributed by atoms with Gasteiger partial charge in [-0.2, -0.15) is 0 Å². The molecule has 0 saturated heterocycles. The molecule has 0 spiro atoms. The Morgan fingerprint density at radius 3 is 1.24 bits per heavy atom. The van der Waals surface area contributed by atoms with Crippen LogP contribution in [-0.2, 0) is 0 Å². The van der Waals surface area contributed by atoms with Crippen LogP contribution >= 0.6 is 0 Å². The number of rotatable bonds is 2. The summed E-state index contributed by atoms with van der Waals surface area (Å²) in [7, 11) is 0. The van der Waals surface area contributed by atoms with Crippen molar-refractivity contribution in [3.63, 3.8) is 0 Å². The number of aromatic hydroxyl groups is 2. The molecule has 0 aliphatic heterocycles. The fourth-order valence-corrected chi connectivity index (χ4v) is 3.28. The maximum atomic E-state index is 9.69. The predicted molar refractivity (Wildman–Crippen MR) is 122 cm³/mol. The second-order valence-electron chi connectivity index (χ2n) is 7.01. The van der Waals surface area contributed by atoms with Gasteiger partial charge in [-0.3, -0.25) is 0 Å². The first-order valence-corrected chi connectivity index (χ1v) is 9.97. The smallest absolute Gasteiger partial charge is 0.231 e. The van der Waals surface area contributed by atoms with E-state index in [4.69, 9.17) is 8.83 Å². The summed E-state index contributed by atoms with van der Waals surface area (Å²) in [6.07, 6.45) is 0. The van der Waals surface area contributed by atoms with E-state index in [1.807, 2.05) is 60.7 Å². The number of fused-ring (bicyclic) bond motifs is 2. The van der Waals surface area contributed by atoms with E-state index in [9.17, 15) is 10.2 Å². The Morgan fingerprint density at radius 1 is 0.485 bits per heavy atom. The van der Waals surface area contributed by atoms with Crippen molar-refractivity contribution in [1.82, 2.24) is 9.97 Å². The fourth-order valence-electron chi connectivity index (χ4n) is 3.28. The molecule has 7 heteroatoms. The maximum Gasteiger partial charge on any atom is 0.231 e. The first-order valence-electron chi connectivity index (χ1n) is 9.97. The van der Waals surface area contributed by atoms with E-state index in [0.29, 0.717) is 22.9 Å². The van der Waals surface area contributed by atoms with Crippen LogP contribution < -0.4 is 0 Å². The second kappa shape index (κ2) is 10.3. The molecule has 0 aliphatic rings. The van der Waals surface area contributed by atoms with Gasteiger partial charge >= 0.3 is 0 Å². The molecule has 0 atom stereocenters. The Labute approximate surface area is 227 Å². The van der Waals surface area contributed by atoms with Gasteiger partial charge in [0, 0.05) is 46.9 Å². The summed E-state index contributed by atoms with van der Waals surface area (Å²) in [5.74, 6) is 1.24. The van der Waals surface area contributed by atoms with Crippen LogP contribution in [0.15, 0.2) is 106 Å². The van der Waals surface area contributed by atoms with Crippen LogP contribution in [0.4, 0.5) is 0 Å². The molecule has 4 aromatic carbocycles. The van der Waals surface area contributed by atoms with E-state index in [-0.39, 0.29) is 58.4 Å². The van der Waals surface area contributed by atoms with Crippen LogP contribution in [0.5, 0.6) is 11.5 Å². The van der Waals surface area contributed by atoms with Gasteiger partial charge in [-0.15, -0.1) is 0 Å². The Kier molecular flexibility index (Phi) is 7.18. The third-order valence-electron chi connectivity index (χ3n) is 4.86. The molecule has 0 radical (unpaired) electrons. The molecule has 0 aliphatic carbocycles. The van der Waals surface area contributed by atoms with Crippen LogP contribution in [0, 0.1) is 46.9 Å². The molecule has 0 fully saturated rings. The van der Waals surface area contributed by atoms with Gasteiger partial charge in [-0.05, 0) is 48.5 Å². The Bertz CT molecular complexity index is 1340. The van der Waals surface area contributed by atoms with Crippen LogP contribution in [0.1, 0.15) is 0 Å². The molecular formula is C26H18N2O4Yb.